The van der Waals surface area contributed by atoms with E-state index < -0.39 is 17.8 Å². The van der Waals surface area contributed by atoms with Crippen LogP contribution in [0, 0.1) is 5.82 Å². The van der Waals surface area contributed by atoms with Gasteiger partial charge in [-0.25, -0.2) is 4.39 Å². The van der Waals surface area contributed by atoms with Gasteiger partial charge in [0.15, 0.2) is 11.5 Å². The highest BCUT2D eigenvalue weighted by molar-refractivity contribution is 6.31. The molecule has 0 aliphatic carbocycles. The van der Waals surface area contributed by atoms with Gasteiger partial charge in [-0.15, -0.1) is 0 Å². The predicted octanol–water partition coefficient (Wildman–Crippen LogP) is 5.43. The molecule has 2 amide bonds. The third-order valence-corrected chi connectivity index (χ3v) is 7.29. The van der Waals surface area contributed by atoms with Crippen LogP contribution in [0.3, 0.4) is 0 Å². The number of fused-ring (bicyclic) bond motifs is 4. The van der Waals surface area contributed by atoms with E-state index >= 15 is 0 Å². The van der Waals surface area contributed by atoms with Crippen LogP contribution in [-0.4, -0.2) is 36.5 Å². The Morgan fingerprint density at radius 2 is 1.78 bits per heavy atom. The summed E-state index contributed by atoms with van der Waals surface area (Å²) >= 11 is 6.19. The number of amides is 2. The first-order valence-electron chi connectivity index (χ1n) is 12.5. The van der Waals surface area contributed by atoms with Crippen molar-refractivity contribution in [2.75, 3.05) is 19.8 Å². The number of carbonyl (C=O) groups excluding carboxylic acids is 2. The van der Waals surface area contributed by atoms with Gasteiger partial charge in [0.2, 0.25) is 5.91 Å². The van der Waals surface area contributed by atoms with E-state index in [4.69, 9.17) is 21.1 Å². The molecule has 0 radical (unpaired) electrons. The van der Waals surface area contributed by atoms with Crippen LogP contribution in [0.5, 0.6) is 11.5 Å². The number of rotatable bonds is 7. The van der Waals surface area contributed by atoms with E-state index in [0.29, 0.717) is 54.4 Å². The van der Waals surface area contributed by atoms with E-state index in [1.54, 1.807) is 17.0 Å². The molecule has 0 saturated carbocycles. The predicted molar refractivity (Wildman–Crippen MR) is 139 cm³/mol. The molecule has 2 atom stereocenters. The molecule has 0 saturated heterocycles. The number of hydrogen-bond acceptors (Lipinski definition) is 4. The van der Waals surface area contributed by atoms with Crippen molar-refractivity contribution in [3.8, 4) is 11.5 Å². The fourth-order valence-corrected chi connectivity index (χ4v) is 5.55. The third-order valence-electron chi connectivity index (χ3n) is 6.94. The molecule has 2 heterocycles. The van der Waals surface area contributed by atoms with Gasteiger partial charge in [0.05, 0.1) is 25.2 Å². The van der Waals surface area contributed by atoms with Gasteiger partial charge in [0.1, 0.15) is 5.82 Å². The van der Waals surface area contributed by atoms with Crippen LogP contribution in [0.4, 0.5) is 4.39 Å². The second-order valence-electron chi connectivity index (χ2n) is 9.08. The Balaban J connectivity index is 1.57. The smallest absolute Gasteiger partial charge is 0.254 e. The van der Waals surface area contributed by atoms with Crippen LogP contribution >= 0.6 is 11.6 Å². The number of ether oxygens (including phenoxy) is 2. The summed E-state index contributed by atoms with van der Waals surface area (Å²) in [6.45, 7) is 5.39. The lowest BCUT2D eigenvalue weighted by Gasteiger charge is -2.45. The van der Waals surface area contributed by atoms with Crippen molar-refractivity contribution in [3.05, 3.63) is 93.3 Å². The zero-order valence-corrected chi connectivity index (χ0v) is 21.5. The van der Waals surface area contributed by atoms with Gasteiger partial charge in [-0.1, -0.05) is 35.9 Å². The minimum absolute atomic E-state index is 0.0938. The SMILES string of the molecule is CCOc1cc2c(cc1OCC)[C@H]1[C@@H](C(=O)NCc3ccc(F)cc3Cl)c3ccccc3C(=O)N1CC2. The summed E-state index contributed by atoms with van der Waals surface area (Å²) in [5.74, 6) is -0.177. The first kappa shape index (κ1) is 25.1. The van der Waals surface area contributed by atoms with E-state index in [9.17, 15) is 14.0 Å². The van der Waals surface area contributed by atoms with Crippen LogP contribution in [0.25, 0.3) is 0 Å². The quantitative estimate of drug-likeness (QED) is 0.449. The Kier molecular flexibility index (Phi) is 7.07. The van der Waals surface area contributed by atoms with Crippen LogP contribution in [-0.2, 0) is 17.8 Å². The molecule has 0 bridgehead atoms. The molecule has 1 N–H and O–H groups in total. The third kappa shape index (κ3) is 4.64. The topological polar surface area (TPSA) is 67.9 Å². The van der Waals surface area contributed by atoms with E-state index in [0.717, 1.165) is 11.1 Å². The van der Waals surface area contributed by atoms with Crippen LogP contribution in [0.2, 0.25) is 5.02 Å². The van der Waals surface area contributed by atoms with Gasteiger partial charge in [-0.2, -0.15) is 0 Å². The highest BCUT2D eigenvalue weighted by Gasteiger charge is 2.46. The van der Waals surface area contributed by atoms with Gasteiger partial charge >= 0.3 is 0 Å². The molecule has 2 aliphatic heterocycles. The number of halogens is 2. The van der Waals surface area contributed by atoms with Crippen molar-refractivity contribution < 1.29 is 23.5 Å². The summed E-state index contributed by atoms with van der Waals surface area (Å²) in [6.07, 6.45) is 0.645. The highest BCUT2D eigenvalue weighted by Crippen LogP contribution is 2.48. The number of hydrogen-bond donors (Lipinski definition) is 1. The number of benzene rings is 3. The highest BCUT2D eigenvalue weighted by atomic mass is 35.5. The van der Waals surface area contributed by atoms with Crippen molar-refractivity contribution >= 4 is 23.4 Å². The van der Waals surface area contributed by atoms with Crippen LogP contribution in [0.15, 0.2) is 54.6 Å². The molecule has 37 heavy (non-hydrogen) atoms. The van der Waals surface area contributed by atoms with Gasteiger partial charge in [-0.3, -0.25) is 9.59 Å². The molecule has 0 aromatic heterocycles. The first-order chi connectivity index (χ1) is 17.9. The second-order valence-corrected chi connectivity index (χ2v) is 9.48. The Hall–Kier alpha value is -3.58. The normalized spacial score (nSPS) is 17.9. The maximum Gasteiger partial charge on any atom is 0.254 e. The van der Waals surface area contributed by atoms with Crippen molar-refractivity contribution in [2.24, 2.45) is 0 Å². The maximum atomic E-state index is 13.8. The lowest BCUT2D eigenvalue weighted by atomic mass is 9.75. The summed E-state index contributed by atoms with van der Waals surface area (Å²) in [6, 6.07) is 14.7. The molecule has 0 fully saturated rings. The Morgan fingerprint density at radius 1 is 1.05 bits per heavy atom. The molecule has 8 heteroatoms. The van der Waals surface area contributed by atoms with Gasteiger partial charge in [0.25, 0.3) is 5.91 Å². The van der Waals surface area contributed by atoms with Gasteiger partial charge in [0, 0.05) is 23.7 Å². The Morgan fingerprint density at radius 3 is 2.51 bits per heavy atom. The number of carbonyl (C=O) groups is 2. The maximum absolute atomic E-state index is 13.8. The van der Waals surface area contributed by atoms with Crippen LogP contribution in [0.1, 0.15) is 58.4 Å². The molecule has 3 aromatic rings. The summed E-state index contributed by atoms with van der Waals surface area (Å²) < 4.78 is 25.2. The van der Waals surface area contributed by atoms with Crippen molar-refractivity contribution in [2.45, 2.75) is 38.8 Å². The first-order valence-corrected chi connectivity index (χ1v) is 12.8. The fourth-order valence-electron chi connectivity index (χ4n) is 5.31. The van der Waals surface area contributed by atoms with Crippen molar-refractivity contribution in [1.82, 2.24) is 10.2 Å². The molecule has 6 nitrogen and oxygen atoms in total. The average Bonchev–Trinajstić information content (AvgIpc) is 2.89. The zero-order chi connectivity index (χ0) is 26.1. The minimum atomic E-state index is -0.653. The molecule has 0 spiro atoms. The molecule has 5 rings (SSSR count). The molecule has 3 aromatic carbocycles. The van der Waals surface area contributed by atoms with E-state index in [1.165, 1.54) is 12.1 Å². The molecule has 0 unspecified atom stereocenters. The minimum Gasteiger partial charge on any atom is -0.490 e. The van der Waals surface area contributed by atoms with Crippen molar-refractivity contribution in [1.29, 1.82) is 0 Å². The monoisotopic (exact) mass is 522 g/mol. The Labute approximate surface area is 220 Å². The summed E-state index contributed by atoms with van der Waals surface area (Å²) in [4.78, 5) is 29.2. The fraction of sp³-hybridized carbons (Fsp3) is 0.310. The van der Waals surface area contributed by atoms with Gasteiger partial charge in [-0.05, 0) is 72.9 Å². The summed E-state index contributed by atoms with van der Waals surface area (Å²) in [5, 5.41) is 3.22. The second kappa shape index (κ2) is 10.4. The van der Waals surface area contributed by atoms with E-state index in [1.807, 2.05) is 44.2 Å². The van der Waals surface area contributed by atoms with Gasteiger partial charge < -0.3 is 19.7 Å². The molecule has 192 valence electrons. The lowest BCUT2D eigenvalue weighted by Crippen LogP contribution is -2.50. The molecular formula is C29H28ClFN2O4. The summed E-state index contributed by atoms with van der Waals surface area (Å²) in [7, 11) is 0. The largest absolute Gasteiger partial charge is 0.490 e. The van der Waals surface area contributed by atoms with E-state index in [2.05, 4.69) is 5.32 Å². The molecular weight excluding hydrogens is 495 g/mol. The average molecular weight is 523 g/mol. The molecule has 2 aliphatic rings. The Bertz CT molecular complexity index is 1360. The lowest BCUT2D eigenvalue weighted by molar-refractivity contribution is -0.124. The van der Waals surface area contributed by atoms with Crippen LogP contribution < -0.4 is 14.8 Å². The van der Waals surface area contributed by atoms with E-state index in [-0.39, 0.29) is 23.4 Å². The summed E-state index contributed by atoms with van der Waals surface area (Å²) in [5.41, 5.74) is 3.72. The van der Waals surface area contributed by atoms with Crippen molar-refractivity contribution in [3.63, 3.8) is 0 Å². The number of nitrogens with zero attached hydrogens (tertiary/aromatic N) is 1. The standard InChI is InChI=1S/C29H28ClFN2O4/c1-3-36-24-13-17-11-12-33-27(22(17)15-25(24)37-4-2)26(20-7-5-6-8-21(20)29(33)35)28(34)32-16-18-9-10-19(31)14-23(18)30/h5-10,13-15,26-27H,3-4,11-12,16H2,1-2H3,(H,32,34)/t26-,27-/m0/s1. The number of nitrogens with one attached hydrogen (secondary N) is 1. The zero-order valence-electron chi connectivity index (χ0n) is 20.7.